The van der Waals surface area contributed by atoms with Crippen molar-refractivity contribution in [3.05, 3.63) is 90.0 Å². The zero-order chi connectivity index (χ0) is 29.6. The molecule has 2 aliphatic carbocycles. The molecule has 5 rings (SSSR count). The average molecular weight is 579 g/mol. The zero-order valence-corrected chi connectivity index (χ0v) is 24.6. The molecule has 224 valence electrons. The predicted octanol–water partition coefficient (Wildman–Crippen LogP) is 11.4. The molecule has 0 saturated heterocycles. The van der Waals surface area contributed by atoms with E-state index in [4.69, 9.17) is 4.74 Å². The summed E-state index contributed by atoms with van der Waals surface area (Å²) in [6, 6.07) is 12.7. The molecule has 3 aromatic carbocycles. The SMILES string of the molecule is C=CC1CCC(C2CCC(c3ccc(-c4ccc(-c5ccc(OCCCCC)c(F)c5F)cc4)c(F)c3F)CC2)CC1. The van der Waals surface area contributed by atoms with Crippen LogP contribution in [0.5, 0.6) is 5.75 Å². The molecule has 0 amide bonds. The van der Waals surface area contributed by atoms with Crippen LogP contribution in [0.25, 0.3) is 22.3 Å². The Hall–Kier alpha value is -3.08. The summed E-state index contributed by atoms with van der Waals surface area (Å²) < 4.78 is 65.7. The zero-order valence-electron chi connectivity index (χ0n) is 24.6. The van der Waals surface area contributed by atoms with E-state index in [0.717, 1.165) is 50.9 Å². The van der Waals surface area contributed by atoms with Gasteiger partial charge in [-0.15, -0.1) is 6.58 Å². The smallest absolute Gasteiger partial charge is 0.201 e. The van der Waals surface area contributed by atoms with E-state index in [0.29, 0.717) is 35.1 Å². The van der Waals surface area contributed by atoms with E-state index < -0.39 is 23.3 Å². The summed E-state index contributed by atoms with van der Waals surface area (Å²) in [7, 11) is 0. The molecule has 1 nitrogen and oxygen atoms in total. The van der Waals surface area contributed by atoms with E-state index in [2.05, 4.69) is 19.6 Å². The average Bonchev–Trinajstić information content (AvgIpc) is 3.03. The van der Waals surface area contributed by atoms with Gasteiger partial charge in [-0.05, 0) is 110 Å². The Bertz CT molecular complexity index is 1350. The molecule has 0 aromatic heterocycles. The summed E-state index contributed by atoms with van der Waals surface area (Å²) in [6.45, 7) is 6.34. The van der Waals surface area contributed by atoms with Crippen molar-refractivity contribution in [3.8, 4) is 28.0 Å². The summed E-state index contributed by atoms with van der Waals surface area (Å²) in [5.41, 5.74) is 1.65. The van der Waals surface area contributed by atoms with Crippen molar-refractivity contribution in [2.24, 2.45) is 17.8 Å². The third-order valence-corrected chi connectivity index (χ3v) is 9.70. The Balaban J connectivity index is 1.24. The number of halogens is 4. The summed E-state index contributed by atoms with van der Waals surface area (Å²) in [5, 5.41) is 0. The number of rotatable bonds is 10. The van der Waals surface area contributed by atoms with Crippen LogP contribution in [0.4, 0.5) is 17.6 Å². The molecule has 0 bridgehead atoms. The second-order valence-electron chi connectivity index (χ2n) is 12.2. The highest BCUT2D eigenvalue weighted by molar-refractivity contribution is 5.72. The van der Waals surface area contributed by atoms with E-state index >= 15 is 8.78 Å². The van der Waals surface area contributed by atoms with Gasteiger partial charge in [-0.3, -0.25) is 0 Å². The monoisotopic (exact) mass is 578 g/mol. The minimum atomic E-state index is -1.02. The highest BCUT2D eigenvalue weighted by atomic mass is 19.2. The summed E-state index contributed by atoms with van der Waals surface area (Å²) in [6.07, 6.45) is 13.7. The summed E-state index contributed by atoms with van der Waals surface area (Å²) in [5.74, 6) is -1.62. The molecule has 2 saturated carbocycles. The molecule has 2 aliphatic rings. The van der Waals surface area contributed by atoms with Crippen molar-refractivity contribution >= 4 is 0 Å². The Morgan fingerprint density at radius 1 is 0.667 bits per heavy atom. The minimum Gasteiger partial charge on any atom is -0.490 e. The lowest BCUT2D eigenvalue weighted by molar-refractivity contribution is 0.171. The molecular formula is C37H42F4O. The Morgan fingerprint density at radius 2 is 1.21 bits per heavy atom. The number of allylic oxidation sites excluding steroid dienone is 1. The maximum absolute atomic E-state index is 15.4. The maximum Gasteiger partial charge on any atom is 0.201 e. The summed E-state index contributed by atoms with van der Waals surface area (Å²) in [4.78, 5) is 0. The van der Waals surface area contributed by atoms with Crippen LogP contribution >= 0.6 is 0 Å². The molecule has 0 radical (unpaired) electrons. The highest BCUT2D eigenvalue weighted by Crippen LogP contribution is 2.45. The first kappa shape index (κ1) is 30.4. The van der Waals surface area contributed by atoms with Crippen LogP contribution < -0.4 is 4.74 Å². The number of hydrogen-bond donors (Lipinski definition) is 0. The minimum absolute atomic E-state index is 0.0353. The number of benzene rings is 3. The van der Waals surface area contributed by atoms with E-state index in [9.17, 15) is 8.78 Å². The van der Waals surface area contributed by atoms with Gasteiger partial charge < -0.3 is 4.74 Å². The van der Waals surface area contributed by atoms with Crippen LogP contribution in [-0.4, -0.2) is 6.61 Å². The van der Waals surface area contributed by atoms with Gasteiger partial charge in [-0.2, -0.15) is 4.39 Å². The first-order chi connectivity index (χ1) is 20.4. The van der Waals surface area contributed by atoms with Crippen molar-refractivity contribution in [2.75, 3.05) is 6.61 Å². The molecule has 0 N–H and O–H groups in total. The topological polar surface area (TPSA) is 9.23 Å². The van der Waals surface area contributed by atoms with Gasteiger partial charge in [0, 0.05) is 11.1 Å². The van der Waals surface area contributed by atoms with Crippen molar-refractivity contribution < 1.29 is 22.3 Å². The third kappa shape index (κ3) is 6.61. The Morgan fingerprint density at radius 3 is 1.79 bits per heavy atom. The normalized spacial score (nSPS) is 22.6. The molecule has 0 spiro atoms. The second kappa shape index (κ2) is 13.9. The van der Waals surface area contributed by atoms with Gasteiger partial charge in [0.15, 0.2) is 23.2 Å². The largest absolute Gasteiger partial charge is 0.490 e. The fourth-order valence-electron chi connectivity index (χ4n) is 7.09. The fourth-order valence-corrected chi connectivity index (χ4v) is 7.09. The standard InChI is InChI=1S/C37H42F4O/c1-3-5-6-23-42-33-22-21-32(36(40)37(33)41)29-17-15-28(16-18-29)31-20-19-30(34(38)35(31)39)27-13-11-26(12-14-27)25-9-7-24(4-2)8-10-25/h4,15-22,24-27H,2-3,5-14,23H2,1H3. The Labute approximate surface area is 248 Å². The van der Waals surface area contributed by atoms with Crippen molar-refractivity contribution in [3.63, 3.8) is 0 Å². The lowest BCUT2D eigenvalue weighted by atomic mass is 9.68. The molecule has 3 aromatic rings. The van der Waals surface area contributed by atoms with Crippen LogP contribution in [0.15, 0.2) is 61.2 Å². The quantitative estimate of drug-likeness (QED) is 0.132. The van der Waals surface area contributed by atoms with Crippen LogP contribution in [-0.2, 0) is 0 Å². The number of unbranched alkanes of at least 4 members (excludes halogenated alkanes) is 2. The highest BCUT2D eigenvalue weighted by Gasteiger charge is 2.32. The molecule has 0 atom stereocenters. The van der Waals surface area contributed by atoms with Crippen molar-refractivity contribution in [1.82, 2.24) is 0 Å². The molecule has 0 heterocycles. The van der Waals surface area contributed by atoms with Gasteiger partial charge >= 0.3 is 0 Å². The Kier molecular flexibility index (Phi) is 10.1. The first-order valence-corrected chi connectivity index (χ1v) is 15.7. The van der Waals surface area contributed by atoms with Gasteiger partial charge in [-0.1, -0.05) is 62.2 Å². The lowest BCUT2D eigenvalue weighted by Gasteiger charge is -2.37. The van der Waals surface area contributed by atoms with Crippen LogP contribution in [0, 0.1) is 41.0 Å². The van der Waals surface area contributed by atoms with Gasteiger partial charge in [-0.25, -0.2) is 13.2 Å². The number of hydrogen-bond acceptors (Lipinski definition) is 1. The van der Waals surface area contributed by atoms with E-state index in [1.54, 1.807) is 36.4 Å². The van der Waals surface area contributed by atoms with Crippen molar-refractivity contribution in [1.29, 1.82) is 0 Å². The van der Waals surface area contributed by atoms with Gasteiger partial charge in [0.05, 0.1) is 6.61 Å². The van der Waals surface area contributed by atoms with Gasteiger partial charge in [0.1, 0.15) is 0 Å². The number of ether oxygens (including phenoxy) is 1. The van der Waals surface area contributed by atoms with Crippen LogP contribution in [0.2, 0.25) is 0 Å². The van der Waals surface area contributed by atoms with E-state index in [1.165, 1.54) is 37.8 Å². The third-order valence-electron chi connectivity index (χ3n) is 9.70. The molecule has 5 heteroatoms. The molecule has 2 fully saturated rings. The maximum atomic E-state index is 15.4. The van der Waals surface area contributed by atoms with Crippen LogP contribution in [0.1, 0.15) is 89.0 Å². The van der Waals surface area contributed by atoms with Crippen LogP contribution in [0.3, 0.4) is 0 Å². The first-order valence-electron chi connectivity index (χ1n) is 15.7. The van der Waals surface area contributed by atoms with Crippen molar-refractivity contribution in [2.45, 2.75) is 83.5 Å². The molecule has 0 unspecified atom stereocenters. The second-order valence-corrected chi connectivity index (χ2v) is 12.2. The van der Waals surface area contributed by atoms with Gasteiger partial charge in [0.2, 0.25) is 5.82 Å². The van der Waals surface area contributed by atoms with Gasteiger partial charge in [0.25, 0.3) is 0 Å². The molecule has 42 heavy (non-hydrogen) atoms. The lowest BCUT2D eigenvalue weighted by Crippen LogP contribution is -2.25. The predicted molar refractivity (Wildman–Crippen MR) is 163 cm³/mol. The molecule has 0 aliphatic heterocycles. The van der Waals surface area contributed by atoms with E-state index in [-0.39, 0.29) is 22.8 Å². The van der Waals surface area contributed by atoms with E-state index in [1.807, 2.05) is 0 Å². The fraction of sp³-hybridized carbons (Fsp3) is 0.459. The summed E-state index contributed by atoms with van der Waals surface area (Å²) >= 11 is 0. The molecular weight excluding hydrogens is 536 g/mol.